The molecule has 0 atom stereocenters. The molecule has 0 fully saturated rings. The number of aromatic nitrogens is 1. The van der Waals surface area contributed by atoms with Crippen LogP contribution in [0.1, 0.15) is 10.4 Å². The molecule has 0 aliphatic rings. The van der Waals surface area contributed by atoms with Gasteiger partial charge in [0.1, 0.15) is 12.0 Å². The first-order valence-corrected chi connectivity index (χ1v) is 6.24. The highest BCUT2D eigenvalue weighted by atomic mass is 32.1. The number of carbonyl (C=O) groups excluding carboxylic acids is 2. The van der Waals surface area contributed by atoms with Crippen molar-refractivity contribution in [2.24, 2.45) is 0 Å². The zero-order chi connectivity index (χ0) is 13.7. The molecule has 0 saturated heterocycles. The minimum Gasteiger partial charge on any atom is -0.482 e. The highest BCUT2D eigenvalue weighted by molar-refractivity contribution is 7.13. The summed E-state index contributed by atoms with van der Waals surface area (Å²) in [6.45, 7) is -0.176. The first-order valence-electron chi connectivity index (χ1n) is 5.36. The number of nitrogens with two attached hydrogens (primary N) is 1. The molecule has 0 saturated carbocycles. The molecule has 1 aromatic heterocycles. The predicted octanol–water partition coefficient (Wildman–Crippen LogP) is 1.56. The average molecular weight is 277 g/mol. The molecule has 0 aliphatic carbocycles. The molecule has 2 rings (SSSR count). The van der Waals surface area contributed by atoms with Gasteiger partial charge in [0.05, 0.1) is 5.69 Å². The molecule has 2 aromatic rings. The van der Waals surface area contributed by atoms with Crippen LogP contribution in [0.25, 0.3) is 0 Å². The van der Waals surface area contributed by atoms with Crippen molar-refractivity contribution in [3.63, 3.8) is 0 Å². The number of amides is 1. The molecule has 0 unspecified atom stereocenters. The number of rotatable bonds is 5. The topological polar surface area (TPSA) is 94.3 Å². The number of hydrogen-bond donors (Lipinski definition) is 2. The van der Waals surface area contributed by atoms with Crippen LogP contribution in [0.3, 0.4) is 0 Å². The molecular formula is C12H11N3O3S. The maximum Gasteiger partial charge on any atom is 0.264 e. The van der Waals surface area contributed by atoms with Gasteiger partial charge in [-0.1, -0.05) is 0 Å². The third-order valence-electron chi connectivity index (χ3n) is 2.21. The highest BCUT2D eigenvalue weighted by Crippen LogP contribution is 2.21. The van der Waals surface area contributed by atoms with Gasteiger partial charge >= 0.3 is 0 Å². The summed E-state index contributed by atoms with van der Waals surface area (Å²) in [5.41, 5.74) is 6.46. The van der Waals surface area contributed by atoms with Gasteiger partial charge in [-0.05, 0) is 18.2 Å². The summed E-state index contributed by atoms with van der Waals surface area (Å²) < 4.78 is 5.27. The number of nitrogens with zero attached hydrogens (tertiary/aromatic N) is 1. The molecule has 0 aliphatic heterocycles. The summed E-state index contributed by atoms with van der Waals surface area (Å²) in [7, 11) is 0. The van der Waals surface area contributed by atoms with Crippen molar-refractivity contribution in [2.75, 3.05) is 17.7 Å². The van der Waals surface area contributed by atoms with Crippen LogP contribution in [0.4, 0.5) is 10.8 Å². The lowest BCUT2D eigenvalue weighted by Gasteiger charge is -2.08. The Morgan fingerprint density at radius 1 is 1.53 bits per heavy atom. The van der Waals surface area contributed by atoms with Gasteiger partial charge in [0.2, 0.25) is 0 Å². The summed E-state index contributed by atoms with van der Waals surface area (Å²) in [4.78, 5) is 26.0. The van der Waals surface area contributed by atoms with E-state index >= 15 is 0 Å². The van der Waals surface area contributed by atoms with Gasteiger partial charge < -0.3 is 10.5 Å². The van der Waals surface area contributed by atoms with Gasteiger partial charge in [-0.15, -0.1) is 11.3 Å². The molecule has 3 N–H and O–H groups in total. The fourth-order valence-electron chi connectivity index (χ4n) is 1.36. The zero-order valence-corrected chi connectivity index (χ0v) is 10.6. The zero-order valence-electron chi connectivity index (χ0n) is 9.83. The summed E-state index contributed by atoms with van der Waals surface area (Å²) >= 11 is 1.32. The molecular weight excluding hydrogens is 266 g/mol. The fourth-order valence-corrected chi connectivity index (χ4v) is 1.90. The van der Waals surface area contributed by atoms with Gasteiger partial charge in [0.15, 0.2) is 11.7 Å². The summed E-state index contributed by atoms with van der Waals surface area (Å²) in [5, 5.41) is 4.85. The lowest BCUT2D eigenvalue weighted by Crippen LogP contribution is -2.20. The van der Waals surface area contributed by atoms with E-state index in [2.05, 4.69) is 10.3 Å². The van der Waals surface area contributed by atoms with Gasteiger partial charge in [-0.3, -0.25) is 14.9 Å². The second kappa shape index (κ2) is 5.96. The van der Waals surface area contributed by atoms with Crippen molar-refractivity contribution < 1.29 is 14.3 Å². The van der Waals surface area contributed by atoms with Crippen molar-refractivity contribution >= 4 is 34.3 Å². The second-order valence-electron chi connectivity index (χ2n) is 3.59. The molecule has 1 heterocycles. The summed E-state index contributed by atoms with van der Waals surface area (Å²) in [5.74, 6) is 0.0358. The van der Waals surface area contributed by atoms with Crippen LogP contribution in [0, 0.1) is 0 Å². The van der Waals surface area contributed by atoms with Crippen LogP contribution in [0.5, 0.6) is 5.75 Å². The molecule has 0 spiro atoms. The van der Waals surface area contributed by atoms with E-state index in [4.69, 9.17) is 10.5 Å². The Morgan fingerprint density at radius 3 is 3.00 bits per heavy atom. The Morgan fingerprint density at radius 2 is 2.37 bits per heavy atom. The summed E-state index contributed by atoms with van der Waals surface area (Å²) in [6, 6.07) is 4.61. The number of ether oxygens (including phenoxy) is 1. The van der Waals surface area contributed by atoms with Crippen molar-refractivity contribution in [1.29, 1.82) is 0 Å². The van der Waals surface area contributed by atoms with Gasteiger partial charge in [0.25, 0.3) is 5.91 Å². The van der Waals surface area contributed by atoms with E-state index in [9.17, 15) is 9.59 Å². The number of carbonyl (C=O) groups is 2. The number of nitrogens with one attached hydrogen (secondary N) is 1. The maximum absolute atomic E-state index is 11.6. The number of nitrogen functional groups attached to an aromatic ring is 1. The molecule has 0 radical (unpaired) electrons. The van der Waals surface area contributed by atoms with Crippen LogP contribution in [0.2, 0.25) is 0 Å². The quantitative estimate of drug-likeness (QED) is 0.639. The minimum absolute atomic E-state index is 0.176. The number of hydrogen-bond acceptors (Lipinski definition) is 6. The standard InChI is InChI=1S/C12H11N3O3S/c13-9-5-8(6-16)1-2-10(9)18-7-11(17)15-12-14-3-4-19-12/h1-6H,7,13H2,(H,14,15,17). The average Bonchev–Trinajstić information content (AvgIpc) is 2.90. The molecule has 1 amide bonds. The normalized spacial score (nSPS) is 9.89. The molecule has 0 bridgehead atoms. The van der Waals surface area contributed by atoms with E-state index in [0.717, 1.165) is 0 Å². The van der Waals surface area contributed by atoms with Crippen LogP contribution >= 0.6 is 11.3 Å². The fraction of sp³-hybridized carbons (Fsp3) is 0.0833. The minimum atomic E-state index is -0.325. The van der Waals surface area contributed by atoms with E-state index in [-0.39, 0.29) is 12.5 Å². The van der Waals surface area contributed by atoms with Crippen LogP contribution in [-0.2, 0) is 4.79 Å². The highest BCUT2D eigenvalue weighted by Gasteiger charge is 2.07. The Hall–Kier alpha value is -2.41. The number of anilines is 2. The van der Waals surface area contributed by atoms with Crippen LogP contribution < -0.4 is 15.8 Å². The molecule has 98 valence electrons. The molecule has 1 aromatic carbocycles. The lowest BCUT2D eigenvalue weighted by atomic mass is 10.2. The van der Waals surface area contributed by atoms with E-state index in [1.165, 1.54) is 17.4 Å². The van der Waals surface area contributed by atoms with Crippen molar-refractivity contribution in [3.8, 4) is 5.75 Å². The van der Waals surface area contributed by atoms with Gasteiger partial charge in [-0.25, -0.2) is 4.98 Å². The number of thiazole rings is 1. The number of aldehydes is 1. The Balaban J connectivity index is 1.91. The van der Waals surface area contributed by atoms with Crippen molar-refractivity contribution in [1.82, 2.24) is 4.98 Å². The molecule has 7 heteroatoms. The third-order valence-corrected chi connectivity index (χ3v) is 2.90. The van der Waals surface area contributed by atoms with Crippen LogP contribution in [-0.4, -0.2) is 23.8 Å². The Labute approximate surface area is 113 Å². The van der Waals surface area contributed by atoms with Crippen molar-refractivity contribution in [3.05, 3.63) is 35.3 Å². The molecule has 19 heavy (non-hydrogen) atoms. The smallest absolute Gasteiger partial charge is 0.264 e. The van der Waals surface area contributed by atoms with Gasteiger partial charge in [0, 0.05) is 17.1 Å². The Bertz CT molecular complexity index is 584. The summed E-state index contributed by atoms with van der Waals surface area (Å²) in [6.07, 6.45) is 2.28. The van der Waals surface area contributed by atoms with Gasteiger partial charge in [-0.2, -0.15) is 0 Å². The third kappa shape index (κ3) is 3.52. The van der Waals surface area contributed by atoms with E-state index in [1.54, 1.807) is 23.7 Å². The second-order valence-corrected chi connectivity index (χ2v) is 4.48. The lowest BCUT2D eigenvalue weighted by molar-refractivity contribution is -0.118. The predicted molar refractivity (Wildman–Crippen MR) is 72.5 cm³/mol. The van der Waals surface area contributed by atoms with Crippen LogP contribution in [0.15, 0.2) is 29.8 Å². The Kier molecular flexibility index (Phi) is 4.09. The monoisotopic (exact) mass is 277 g/mol. The molecule has 6 nitrogen and oxygen atoms in total. The largest absolute Gasteiger partial charge is 0.482 e. The maximum atomic E-state index is 11.6. The first-order chi connectivity index (χ1) is 9.19. The first kappa shape index (κ1) is 13.0. The van der Waals surface area contributed by atoms with E-state index in [0.29, 0.717) is 28.4 Å². The van der Waals surface area contributed by atoms with E-state index < -0.39 is 0 Å². The SMILES string of the molecule is Nc1cc(C=O)ccc1OCC(=O)Nc1nccs1. The number of benzene rings is 1. The van der Waals surface area contributed by atoms with E-state index in [1.807, 2.05) is 0 Å². The van der Waals surface area contributed by atoms with Crippen molar-refractivity contribution in [2.45, 2.75) is 0 Å².